The van der Waals surface area contributed by atoms with Crippen LogP contribution in [0, 0.1) is 0 Å². The number of hydrogen-bond acceptors (Lipinski definition) is 3. The normalized spacial score (nSPS) is 11.3. The number of halogens is 2. The van der Waals surface area contributed by atoms with Crippen molar-refractivity contribution in [2.45, 2.75) is 13.1 Å². The highest BCUT2D eigenvalue weighted by molar-refractivity contribution is 7.17. The van der Waals surface area contributed by atoms with Crippen LogP contribution in [0.4, 0.5) is 14.5 Å². The minimum Gasteiger partial charge on any atom is -0.378 e. The van der Waals surface area contributed by atoms with Gasteiger partial charge in [0.1, 0.15) is 0 Å². The van der Waals surface area contributed by atoms with Gasteiger partial charge in [0.15, 0.2) is 0 Å². The molecule has 0 atom stereocenters. The number of nitrogens with one attached hydrogen (secondary N) is 1. The number of nitrogens with zero attached hydrogens (tertiary/aromatic N) is 2. The van der Waals surface area contributed by atoms with Crippen LogP contribution in [-0.4, -0.2) is 9.78 Å². The summed E-state index contributed by atoms with van der Waals surface area (Å²) in [4.78, 5) is 0. The van der Waals surface area contributed by atoms with Crippen LogP contribution in [0.2, 0.25) is 0 Å². The Morgan fingerprint density at radius 1 is 1.32 bits per heavy atom. The van der Waals surface area contributed by atoms with Crippen LogP contribution in [0.5, 0.6) is 0 Å². The van der Waals surface area contributed by atoms with Gasteiger partial charge in [0.2, 0.25) is 0 Å². The molecule has 0 bridgehead atoms. The first-order chi connectivity index (χ1) is 9.24. The Balaban J connectivity index is 1.75. The molecule has 0 aliphatic rings. The molecule has 1 N–H and O–H groups in total. The molecule has 3 rings (SSSR count). The first-order valence-electron chi connectivity index (χ1n) is 5.75. The third-order valence-electron chi connectivity index (χ3n) is 2.85. The van der Waals surface area contributed by atoms with Gasteiger partial charge in [-0.1, -0.05) is 18.2 Å². The average Bonchev–Trinajstić information content (AvgIpc) is 3.03. The van der Waals surface area contributed by atoms with Gasteiger partial charge in [-0.15, -0.1) is 11.3 Å². The Morgan fingerprint density at radius 2 is 2.16 bits per heavy atom. The fourth-order valence-corrected chi connectivity index (χ4v) is 2.87. The van der Waals surface area contributed by atoms with Gasteiger partial charge in [0, 0.05) is 11.2 Å². The fraction of sp³-hybridized carbons (Fsp3) is 0.154. The number of anilines is 1. The number of benzene rings is 1. The maximum atomic E-state index is 12.4. The number of alkyl halides is 2. The molecular formula is C13H11F2N3S. The van der Waals surface area contributed by atoms with E-state index >= 15 is 0 Å². The van der Waals surface area contributed by atoms with E-state index in [0.29, 0.717) is 16.9 Å². The van der Waals surface area contributed by atoms with E-state index in [0.717, 1.165) is 5.56 Å². The summed E-state index contributed by atoms with van der Waals surface area (Å²) in [6.45, 7) is -2.00. The van der Waals surface area contributed by atoms with Crippen molar-refractivity contribution < 1.29 is 8.78 Å². The number of hydrogen-bond donors (Lipinski definition) is 1. The van der Waals surface area contributed by atoms with E-state index in [-0.39, 0.29) is 0 Å². The van der Waals surface area contributed by atoms with Crippen molar-refractivity contribution in [1.29, 1.82) is 0 Å². The SMILES string of the molecule is FC(F)n1cc(NCc2csc3ccccc23)cn1. The van der Waals surface area contributed by atoms with Gasteiger partial charge >= 0.3 is 6.55 Å². The topological polar surface area (TPSA) is 29.9 Å². The highest BCUT2D eigenvalue weighted by Crippen LogP contribution is 2.26. The van der Waals surface area contributed by atoms with Gasteiger partial charge in [-0.05, 0) is 22.4 Å². The second kappa shape index (κ2) is 4.97. The zero-order chi connectivity index (χ0) is 13.2. The van der Waals surface area contributed by atoms with Crippen LogP contribution in [0.25, 0.3) is 10.1 Å². The average molecular weight is 279 g/mol. The summed E-state index contributed by atoms with van der Waals surface area (Å²) in [6.07, 6.45) is 2.71. The predicted molar refractivity (Wildman–Crippen MR) is 72.6 cm³/mol. The summed E-state index contributed by atoms with van der Waals surface area (Å²) in [5.41, 5.74) is 1.75. The Kier molecular flexibility index (Phi) is 3.16. The smallest absolute Gasteiger partial charge is 0.333 e. The third kappa shape index (κ3) is 2.44. The summed E-state index contributed by atoms with van der Waals surface area (Å²) in [6, 6.07) is 8.12. The van der Waals surface area contributed by atoms with Crippen LogP contribution in [0.15, 0.2) is 42.0 Å². The number of thiophene rings is 1. The number of fused-ring (bicyclic) bond motifs is 1. The van der Waals surface area contributed by atoms with Crippen LogP contribution < -0.4 is 5.32 Å². The summed E-state index contributed by atoms with van der Waals surface area (Å²) >= 11 is 1.68. The second-order valence-corrected chi connectivity index (χ2v) is 5.01. The molecule has 3 nitrogen and oxygen atoms in total. The lowest BCUT2D eigenvalue weighted by atomic mass is 10.2. The fourth-order valence-electron chi connectivity index (χ4n) is 1.90. The summed E-state index contributed by atoms with van der Waals surface area (Å²) in [5.74, 6) is 0. The van der Waals surface area contributed by atoms with Gasteiger partial charge in [0.05, 0.1) is 18.1 Å². The monoisotopic (exact) mass is 279 g/mol. The lowest BCUT2D eigenvalue weighted by Gasteiger charge is -2.02. The maximum Gasteiger partial charge on any atom is 0.333 e. The molecule has 0 saturated carbocycles. The maximum absolute atomic E-state index is 12.4. The zero-order valence-corrected chi connectivity index (χ0v) is 10.7. The molecule has 1 aromatic carbocycles. The standard InChI is InChI=1S/C13H11F2N3S/c14-13(15)18-7-10(6-17-18)16-5-9-8-19-12-4-2-1-3-11(9)12/h1-4,6-8,13,16H,5H2. The van der Waals surface area contributed by atoms with E-state index in [2.05, 4.69) is 27.9 Å². The summed E-state index contributed by atoms with van der Waals surface area (Å²) < 4.78 is 26.6. The van der Waals surface area contributed by atoms with Crippen LogP contribution in [0.1, 0.15) is 12.1 Å². The summed E-state index contributed by atoms with van der Waals surface area (Å²) in [5, 5.41) is 9.96. The largest absolute Gasteiger partial charge is 0.378 e. The van der Waals surface area contributed by atoms with Crippen molar-refractivity contribution in [3.05, 3.63) is 47.6 Å². The Labute approximate surface area is 112 Å². The van der Waals surface area contributed by atoms with Crippen molar-refractivity contribution in [1.82, 2.24) is 9.78 Å². The summed E-state index contributed by atoms with van der Waals surface area (Å²) in [7, 11) is 0. The second-order valence-electron chi connectivity index (χ2n) is 4.10. The Morgan fingerprint density at radius 3 is 2.95 bits per heavy atom. The van der Waals surface area contributed by atoms with Crippen LogP contribution in [0.3, 0.4) is 0 Å². The number of aromatic nitrogens is 2. The van der Waals surface area contributed by atoms with E-state index in [4.69, 9.17) is 0 Å². The van der Waals surface area contributed by atoms with Crippen molar-refractivity contribution >= 4 is 27.1 Å². The minimum atomic E-state index is -2.60. The highest BCUT2D eigenvalue weighted by atomic mass is 32.1. The van der Waals surface area contributed by atoms with Gasteiger partial charge in [-0.3, -0.25) is 0 Å². The molecule has 2 heterocycles. The lowest BCUT2D eigenvalue weighted by Crippen LogP contribution is -1.99. The first-order valence-corrected chi connectivity index (χ1v) is 6.63. The van der Waals surface area contributed by atoms with Gasteiger partial charge in [-0.2, -0.15) is 13.9 Å². The quantitative estimate of drug-likeness (QED) is 0.779. The third-order valence-corrected chi connectivity index (χ3v) is 3.86. The molecule has 19 heavy (non-hydrogen) atoms. The van der Waals surface area contributed by atoms with Crippen molar-refractivity contribution in [3.63, 3.8) is 0 Å². The molecule has 0 aliphatic carbocycles. The molecule has 0 aliphatic heterocycles. The molecule has 6 heteroatoms. The number of rotatable bonds is 4. The molecule has 98 valence electrons. The van der Waals surface area contributed by atoms with Gasteiger partial charge < -0.3 is 5.32 Å². The van der Waals surface area contributed by atoms with E-state index in [1.54, 1.807) is 11.3 Å². The molecule has 0 spiro atoms. The molecular weight excluding hydrogens is 268 g/mol. The molecule has 0 saturated heterocycles. The van der Waals surface area contributed by atoms with Crippen LogP contribution >= 0.6 is 11.3 Å². The van der Waals surface area contributed by atoms with Crippen LogP contribution in [-0.2, 0) is 6.54 Å². The van der Waals surface area contributed by atoms with E-state index in [9.17, 15) is 8.78 Å². The molecule has 3 aromatic rings. The predicted octanol–water partition coefficient (Wildman–Crippen LogP) is 4.11. The van der Waals surface area contributed by atoms with E-state index < -0.39 is 6.55 Å². The van der Waals surface area contributed by atoms with E-state index in [1.165, 1.54) is 22.5 Å². The Bertz CT molecular complexity index is 690. The Hall–Kier alpha value is -1.95. The van der Waals surface area contributed by atoms with Crippen molar-refractivity contribution in [2.24, 2.45) is 0 Å². The van der Waals surface area contributed by atoms with Crippen molar-refractivity contribution in [3.8, 4) is 0 Å². The first kappa shape index (κ1) is 12.1. The minimum absolute atomic E-state index is 0.593. The molecule has 0 amide bonds. The molecule has 0 fully saturated rings. The van der Waals surface area contributed by atoms with E-state index in [1.807, 2.05) is 12.1 Å². The highest BCUT2D eigenvalue weighted by Gasteiger charge is 2.08. The molecule has 0 radical (unpaired) electrons. The molecule has 0 unspecified atom stereocenters. The lowest BCUT2D eigenvalue weighted by molar-refractivity contribution is 0.0566. The molecule has 2 aromatic heterocycles. The van der Waals surface area contributed by atoms with Gasteiger partial charge in [-0.25, -0.2) is 4.68 Å². The van der Waals surface area contributed by atoms with Crippen molar-refractivity contribution in [2.75, 3.05) is 5.32 Å². The van der Waals surface area contributed by atoms with Gasteiger partial charge in [0.25, 0.3) is 0 Å². The zero-order valence-electron chi connectivity index (χ0n) is 9.88.